The molecule has 0 unspecified atom stereocenters. The summed E-state index contributed by atoms with van der Waals surface area (Å²) in [6.45, 7) is 8.25. The van der Waals surface area contributed by atoms with E-state index in [2.05, 4.69) is 33.5 Å². The predicted molar refractivity (Wildman–Crippen MR) is 170 cm³/mol. The molecule has 0 saturated heterocycles. The Labute approximate surface area is 251 Å². The molecule has 0 fully saturated rings. The van der Waals surface area contributed by atoms with Crippen molar-refractivity contribution < 1.29 is 19.5 Å². The fraction of sp³-hybridized carbons (Fsp3) is 0.906. The number of rotatable bonds is 28. The topological polar surface area (TPSA) is 132 Å². The second-order valence-corrected chi connectivity index (χ2v) is 11.5. The number of hydrogen-bond donors (Lipinski definition) is 6. The molecule has 0 rings (SSSR count). The van der Waals surface area contributed by atoms with E-state index < -0.39 is 6.04 Å². The number of unbranched alkanes of at least 4 members (excludes halogenated alkanes) is 16. The molecule has 5 amide bonds. The van der Waals surface area contributed by atoms with Gasteiger partial charge in [0, 0.05) is 26.2 Å². The van der Waals surface area contributed by atoms with Crippen LogP contribution in [-0.4, -0.2) is 61.9 Å². The number of urea groups is 2. The first kappa shape index (κ1) is 39.0. The van der Waals surface area contributed by atoms with E-state index in [4.69, 9.17) is 5.11 Å². The zero-order valence-electron chi connectivity index (χ0n) is 26.8. The molecule has 0 aliphatic rings. The summed E-state index contributed by atoms with van der Waals surface area (Å²) < 4.78 is 0. The number of aliphatic hydroxyl groups is 1. The Morgan fingerprint density at radius 3 is 1.37 bits per heavy atom. The van der Waals surface area contributed by atoms with Crippen molar-refractivity contribution in [3.8, 4) is 0 Å². The van der Waals surface area contributed by atoms with E-state index in [0.717, 1.165) is 44.9 Å². The normalized spacial score (nSPS) is 12.4. The van der Waals surface area contributed by atoms with Gasteiger partial charge in [-0.15, -0.1) is 0 Å². The van der Waals surface area contributed by atoms with Crippen LogP contribution in [0.2, 0.25) is 0 Å². The molecule has 0 bridgehead atoms. The molecule has 0 aromatic carbocycles. The van der Waals surface area contributed by atoms with E-state index in [1.165, 1.54) is 77.0 Å². The van der Waals surface area contributed by atoms with Crippen molar-refractivity contribution in [2.45, 2.75) is 149 Å². The molecular formula is C32H65N5O4. The van der Waals surface area contributed by atoms with Crippen molar-refractivity contribution in [3.63, 3.8) is 0 Å². The highest BCUT2D eigenvalue weighted by molar-refractivity contribution is 5.87. The lowest BCUT2D eigenvalue weighted by molar-refractivity contribution is -0.124. The second kappa shape index (κ2) is 29.5. The van der Waals surface area contributed by atoms with Crippen LogP contribution in [0, 0.1) is 5.92 Å². The molecule has 41 heavy (non-hydrogen) atoms. The van der Waals surface area contributed by atoms with E-state index in [-0.39, 0.29) is 37.0 Å². The molecule has 0 aliphatic carbocycles. The van der Waals surface area contributed by atoms with Crippen molar-refractivity contribution in [1.82, 2.24) is 26.6 Å². The first-order chi connectivity index (χ1) is 20.0. The fourth-order valence-corrected chi connectivity index (χ4v) is 4.77. The van der Waals surface area contributed by atoms with Gasteiger partial charge in [0.1, 0.15) is 6.04 Å². The second-order valence-electron chi connectivity index (χ2n) is 11.5. The number of carbonyl (C=O) groups excluding carboxylic acids is 3. The number of aliphatic hydroxyl groups excluding tert-OH is 1. The van der Waals surface area contributed by atoms with Crippen molar-refractivity contribution >= 4 is 18.0 Å². The van der Waals surface area contributed by atoms with E-state index in [1.807, 2.05) is 13.8 Å². The Morgan fingerprint density at radius 2 is 0.927 bits per heavy atom. The highest BCUT2D eigenvalue weighted by Crippen LogP contribution is 2.13. The van der Waals surface area contributed by atoms with Gasteiger partial charge in [0.15, 0.2) is 0 Å². The van der Waals surface area contributed by atoms with Crippen LogP contribution in [0.25, 0.3) is 0 Å². The average molecular weight is 584 g/mol. The lowest BCUT2D eigenvalue weighted by Gasteiger charge is -2.23. The number of amides is 5. The van der Waals surface area contributed by atoms with Gasteiger partial charge in [-0.25, -0.2) is 9.59 Å². The molecule has 2 atom stereocenters. The van der Waals surface area contributed by atoms with E-state index in [0.29, 0.717) is 19.6 Å². The van der Waals surface area contributed by atoms with E-state index in [1.54, 1.807) is 0 Å². The number of carbonyl (C=O) groups is 3. The first-order valence-electron chi connectivity index (χ1n) is 16.9. The monoisotopic (exact) mass is 584 g/mol. The summed E-state index contributed by atoms with van der Waals surface area (Å²) in [6, 6.07) is -1.10. The van der Waals surface area contributed by atoms with Crippen LogP contribution in [0.5, 0.6) is 0 Å². The lowest BCUT2D eigenvalue weighted by Crippen LogP contribution is -2.53. The molecule has 6 N–H and O–H groups in total. The minimum absolute atomic E-state index is 0.0548. The highest BCUT2D eigenvalue weighted by atomic mass is 16.3. The van der Waals surface area contributed by atoms with Gasteiger partial charge in [0.2, 0.25) is 5.91 Å². The Bertz CT molecular complexity index is 635. The van der Waals surface area contributed by atoms with Crippen LogP contribution < -0.4 is 26.6 Å². The van der Waals surface area contributed by atoms with Crippen LogP contribution in [0.1, 0.15) is 143 Å². The van der Waals surface area contributed by atoms with Crippen molar-refractivity contribution in [2.24, 2.45) is 5.92 Å². The minimum Gasteiger partial charge on any atom is -0.395 e. The maximum atomic E-state index is 12.8. The average Bonchev–Trinajstić information content (AvgIpc) is 2.97. The van der Waals surface area contributed by atoms with E-state index in [9.17, 15) is 14.4 Å². The summed E-state index contributed by atoms with van der Waals surface area (Å²) in [5.74, 6) is -0.0427. The molecule has 9 nitrogen and oxygen atoms in total. The van der Waals surface area contributed by atoms with E-state index >= 15 is 0 Å². The molecule has 0 spiro atoms. The Kier molecular flexibility index (Phi) is 28.0. The molecule has 0 aliphatic heterocycles. The van der Waals surface area contributed by atoms with Crippen molar-refractivity contribution in [1.29, 1.82) is 0 Å². The first-order valence-corrected chi connectivity index (χ1v) is 16.9. The van der Waals surface area contributed by atoms with Gasteiger partial charge in [-0.1, -0.05) is 124 Å². The van der Waals surface area contributed by atoms with Crippen LogP contribution in [0.3, 0.4) is 0 Å². The standard InChI is InChI=1S/C32H65N5O4/c1-4-6-7-8-9-10-11-12-13-14-15-16-17-20-23-33-30(39)29(28(3)5-2)37-32(41)35-25-22-19-18-21-24-34-31(40)36-26-27-38/h28-29,38H,4-27H2,1-3H3,(H,33,39)(H2,34,36,40)(H2,35,37,41)/t28-,29-/m0/s1. The zero-order chi connectivity index (χ0) is 30.4. The quantitative estimate of drug-likeness (QED) is 0.0617. The molecule has 9 heteroatoms. The van der Waals surface area contributed by atoms with Crippen LogP contribution in [-0.2, 0) is 4.79 Å². The highest BCUT2D eigenvalue weighted by Gasteiger charge is 2.25. The van der Waals surface area contributed by atoms with Crippen LogP contribution in [0.15, 0.2) is 0 Å². The van der Waals surface area contributed by atoms with Crippen LogP contribution >= 0.6 is 0 Å². The Morgan fingerprint density at radius 1 is 0.537 bits per heavy atom. The molecule has 0 heterocycles. The Balaban J connectivity index is 3.84. The predicted octanol–water partition coefficient (Wildman–Crippen LogP) is 6.15. The maximum absolute atomic E-state index is 12.8. The summed E-state index contributed by atoms with van der Waals surface area (Å²) in [5.41, 5.74) is 0. The maximum Gasteiger partial charge on any atom is 0.315 e. The van der Waals surface area contributed by atoms with Gasteiger partial charge in [-0.3, -0.25) is 4.79 Å². The van der Waals surface area contributed by atoms with Crippen molar-refractivity contribution in [2.75, 3.05) is 32.8 Å². The van der Waals surface area contributed by atoms with Gasteiger partial charge >= 0.3 is 12.1 Å². The summed E-state index contributed by atoms with van der Waals surface area (Å²) in [6.07, 6.45) is 22.7. The zero-order valence-corrected chi connectivity index (χ0v) is 26.8. The summed E-state index contributed by atoms with van der Waals surface area (Å²) in [5, 5.41) is 22.7. The minimum atomic E-state index is -0.533. The van der Waals surface area contributed by atoms with Gasteiger partial charge in [-0.2, -0.15) is 0 Å². The third-order valence-corrected chi connectivity index (χ3v) is 7.68. The lowest BCUT2D eigenvalue weighted by atomic mass is 9.98. The Hall–Kier alpha value is -2.03. The van der Waals surface area contributed by atoms with Crippen LogP contribution in [0.4, 0.5) is 9.59 Å². The summed E-state index contributed by atoms with van der Waals surface area (Å²) in [4.78, 5) is 36.6. The number of nitrogens with one attached hydrogen (secondary N) is 5. The van der Waals surface area contributed by atoms with Gasteiger partial charge in [-0.05, 0) is 25.2 Å². The van der Waals surface area contributed by atoms with Gasteiger partial charge in [0.05, 0.1) is 6.61 Å². The summed E-state index contributed by atoms with van der Waals surface area (Å²) in [7, 11) is 0. The molecule has 0 aromatic heterocycles. The number of hydrogen-bond acceptors (Lipinski definition) is 4. The molecule has 0 saturated carbocycles. The van der Waals surface area contributed by atoms with Gasteiger partial charge < -0.3 is 31.7 Å². The third-order valence-electron chi connectivity index (χ3n) is 7.68. The molecular weight excluding hydrogens is 518 g/mol. The van der Waals surface area contributed by atoms with Gasteiger partial charge in [0.25, 0.3) is 0 Å². The van der Waals surface area contributed by atoms with Crippen molar-refractivity contribution in [3.05, 3.63) is 0 Å². The SMILES string of the molecule is CCCCCCCCCCCCCCCCNC(=O)[C@@H](NC(=O)NCCCCCCNC(=O)NCCO)[C@@H](C)CC. The molecule has 242 valence electrons. The summed E-state index contributed by atoms with van der Waals surface area (Å²) >= 11 is 0. The smallest absolute Gasteiger partial charge is 0.315 e. The third kappa shape index (κ3) is 25.4. The molecule has 0 radical (unpaired) electrons. The largest absolute Gasteiger partial charge is 0.395 e. The fourth-order valence-electron chi connectivity index (χ4n) is 4.77. The molecule has 0 aromatic rings.